The second-order valence-electron chi connectivity index (χ2n) is 4.50. The molecule has 1 aromatic heterocycles. The maximum absolute atomic E-state index is 13.9. The van der Waals surface area contributed by atoms with Crippen LogP contribution >= 0.6 is 15.9 Å². The van der Waals surface area contributed by atoms with E-state index in [1.165, 1.54) is 24.4 Å². The molecular weight excluding hydrogens is 335 g/mol. The molecule has 0 aliphatic heterocycles. The summed E-state index contributed by atoms with van der Waals surface area (Å²) in [5, 5.41) is 9.69. The topological polar surface area (TPSA) is 56.6 Å². The number of fused-ring (bicyclic) bond motifs is 1. The van der Waals surface area contributed by atoms with E-state index in [1.54, 1.807) is 18.2 Å². The third-order valence-electron chi connectivity index (χ3n) is 3.24. The molecule has 0 saturated heterocycles. The third kappa shape index (κ3) is 2.24. The van der Waals surface area contributed by atoms with E-state index < -0.39 is 11.6 Å². The van der Waals surface area contributed by atoms with Crippen LogP contribution in [0.5, 0.6) is 0 Å². The van der Waals surface area contributed by atoms with E-state index >= 15 is 0 Å². The van der Waals surface area contributed by atoms with Gasteiger partial charge in [-0.1, -0.05) is 22.0 Å². The van der Waals surface area contributed by atoms with Gasteiger partial charge in [-0.05, 0) is 30.3 Å². The summed E-state index contributed by atoms with van der Waals surface area (Å²) >= 11 is 3.23. The predicted octanol–water partition coefficient (Wildman–Crippen LogP) is 4.17. The molecule has 0 radical (unpaired) electrons. The van der Waals surface area contributed by atoms with Gasteiger partial charge in [-0.25, -0.2) is 4.39 Å². The number of benzene rings is 2. The van der Waals surface area contributed by atoms with Crippen molar-refractivity contribution in [1.82, 2.24) is 4.98 Å². The van der Waals surface area contributed by atoms with Crippen molar-refractivity contribution in [3.8, 4) is 6.07 Å². The molecule has 0 unspecified atom stereocenters. The van der Waals surface area contributed by atoms with Crippen molar-refractivity contribution in [2.75, 3.05) is 0 Å². The van der Waals surface area contributed by atoms with Gasteiger partial charge < -0.3 is 4.98 Å². The fourth-order valence-electron chi connectivity index (χ4n) is 2.27. The minimum atomic E-state index is -0.591. The Kier molecular flexibility index (Phi) is 3.32. The molecule has 1 heterocycles. The number of nitrogens with one attached hydrogen (secondary N) is 1. The Morgan fingerprint density at radius 2 is 2.05 bits per heavy atom. The van der Waals surface area contributed by atoms with Crippen LogP contribution < -0.4 is 0 Å². The van der Waals surface area contributed by atoms with Crippen LogP contribution in [0.1, 0.15) is 21.5 Å². The molecule has 0 atom stereocenters. The van der Waals surface area contributed by atoms with Crippen LogP contribution in [-0.2, 0) is 0 Å². The molecule has 102 valence electrons. The molecule has 0 bridgehead atoms. The number of ketones is 1. The second-order valence-corrected chi connectivity index (χ2v) is 5.41. The van der Waals surface area contributed by atoms with Crippen molar-refractivity contribution in [2.24, 2.45) is 0 Å². The number of aromatic nitrogens is 1. The lowest BCUT2D eigenvalue weighted by molar-refractivity contribution is 0.103. The normalized spacial score (nSPS) is 10.5. The summed E-state index contributed by atoms with van der Waals surface area (Å²) in [6, 6.07) is 11.4. The van der Waals surface area contributed by atoms with E-state index in [1.807, 2.05) is 0 Å². The number of H-pyrrole nitrogens is 1. The van der Waals surface area contributed by atoms with Crippen LogP contribution in [0, 0.1) is 17.1 Å². The zero-order valence-electron chi connectivity index (χ0n) is 10.7. The maximum atomic E-state index is 13.9. The summed E-state index contributed by atoms with van der Waals surface area (Å²) in [6.07, 6.45) is 1.51. The van der Waals surface area contributed by atoms with Gasteiger partial charge in [0.1, 0.15) is 5.82 Å². The largest absolute Gasteiger partial charge is 0.360 e. The highest BCUT2D eigenvalue weighted by Gasteiger charge is 2.19. The van der Waals surface area contributed by atoms with Gasteiger partial charge in [0.25, 0.3) is 0 Å². The average Bonchev–Trinajstić information content (AvgIpc) is 2.93. The standard InChI is InChI=1S/C16H8BrFN2O/c17-10-4-5-13(18)11(6-10)16(21)12-8-20-14-3-1-2-9(7-19)15(12)14/h1-6,8,20H. The fraction of sp³-hybridized carbons (Fsp3) is 0. The highest BCUT2D eigenvalue weighted by molar-refractivity contribution is 9.10. The molecule has 1 N–H and O–H groups in total. The minimum Gasteiger partial charge on any atom is -0.360 e. The number of halogens is 2. The maximum Gasteiger partial charge on any atom is 0.198 e. The zero-order valence-corrected chi connectivity index (χ0v) is 12.2. The van der Waals surface area contributed by atoms with Crippen LogP contribution in [0.3, 0.4) is 0 Å². The Labute approximate surface area is 128 Å². The van der Waals surface area contributed by atoms with E-state index in [2.05, 4.69) is 27.0 Å². The summed E-state index contributed by atoms with van der Waals surface area (Å²) in [4.78, 5) is 15.5. The molecule has 2 aromatic carbocycles. The Morgan fingerprint density at radius 3 is 2.81 bits per heavy atom. The Balaban J connectivity index is 2.24. The van der Waals surface area contributed by atoms with E-state index in [-0.39, 0.29) is 5.56 Å². The molecule has 3 rings (SSSR count). The minimum absolute atomic E-state index is 0.0296. The zero-order chi connectivity index (χ0) is 15.0. The molecule has 0 spiro atoms. The first-order valence-corrected chi connectivity index (χ1v) is 6.91. The molecule has 0 aliphatic rings. The Morgan fingerprint density at radius 1 is 1.24 bits per heavy atom. The van der Waals surface area contributed by atoms with Gasteiger partial charge in [0, 0.05) is 27.1 Å². The fourth-order valence-corrected chi connectivity index (χ4v) is 2.63. The predicted molar refractivity (Wildman–Crippen MR) is 80.5 cm³/mol. The number of hydrogen-bond donors (Lipinski definition) is 1. The van der Waals surface area contributed by atoms with Crippen molar-refractivity contribution in [1.29, 1.82) is 5.26 Å². The first-order chi connectivity index (χ1) is 10.1. The van der Waals surface area contributed by atoms with Gasteiger partial charge in [-0.15, -0.1) is 0 Å². The molecule has 3 aromatic rings. The smallest absolute Gasteiger partial charge is 0.198 e. The molecule has 5 heteroatoms. The summed E-state index contributed by atoms with van der Waals surface area (Å²) in [5.74, 6) is -1.05. The van der Waals surface area contributed by atoms with Crippen molar-refractivity contribution >= 4 is 32.6 Å². The van der Waals surface area contributed by atoms with Gasteiger partial charge in [0.15, 0.2) is 5.78 Å². The number of carbonyl (C=O) groups is 1. The summed E-state index contributed by atoms with van der Waals surface area (Å²) in [7, 11) is 0. The summed E-state index contributed by atoms with van der Waals surface area (Å²) in [5.41, 5.74) is 1.32. The van der Waals surface area contributed by atoms with E-state index in [0.717, 1.165) is 0 Å². The van der Waals surface area contributed by atoms with Crippen LogP contribution in [0.25, 0.3) is 10.9 Å². The monoisotopic (exact) mass is 342 g/mol. The van der Waals surface area contributed by atoms with Crippen molar-refractivity contribution in [3.05, 3.63) is 69.6 Å². The molecule has 21 heavy (non-hydrogen) atoms. The number of hydrogen-bond acceptors (Lipinski definition) is 2. The SMILES string of the molecule is N#Cc1cccc2[nH]cc(C(=O)c3cc(Br)ccc3F)c12. The second kappa shape index (κ2) is 5.15. The number of aromatic amines is 1. The quantitative estimate of drug-likeness (QED) is 0.710. The molecule has 0 fully saturated rings. The summed E-state index contributed by atoms with van der Waals surface area (Å²) in [6.45, 7) is 0. The lowest BCUT2D eigenvalue weighted by Gasteiger charge is -2.03. The first-order valence-electron chi connectivity index (χ1n) is 6.12. The highest BCUT2D eigenvalue weighted by Crippen LogP contribution is 2.26. The first kappa shape index (κ1) is 13.5. The lowest BCUT2D eigenvalue weighted by Crippen LogP contribution is -2.04. The Bertz CT molecular complexity index is 908. The molecule has 3 nitrogen and oxygen atoms in total. The third-order valence-corrected chi connectivity index (χ3v) is 3.74. The van der Waals surface area contributed by atoms with Crippen LogP contribution in [0.4, 0.5) is 4.39 Å². The average molecular weight is 343 g/mol. The highest BCUT2D eigenvalue weighted by atomic mass is 79.9. The van der Waals surface area contributed by atoms with E-state index in [0.29, 0.717) is 26.5 Å². The van der Waals surface area contributed by atoms with Gasteiger partial charge in [0.05, 0.1) is 17.2 Å². The van der Waals surface area contributed by atoms with Gasteiger partial charge in [-0.3, -0.25) is 4.79 Å². The Hall–Kier alpha value is -2.45. The molecule has 0 saturated carbocycles. The van der Waals surface area contributed by atoms with E-state index in [4.69, 9.17) is 0 Å². The van der Waals surface area contributed by atoms with Gasteiger partial charge in [-0.2, -0.15) is 5.26 Å². The number of carbonyl (C=O) groups excluding carboxylic acids is 1. The number of nitriles is 1. The number of nitrogens with zero attached hydrogens (tertiary/aromatic N) is 1. The van der Waals surface area contributed by atoms with Crippen molar-refractivity contribution in [2.45, 2.75) is 0 Å². The van der Waals surface area contributed by atoms with Crippen LogP contribution in [-0.4, -0.2) is 10.8 Å². The molecule has 0 aliphatic carbocycles. The lowest BCUT2D eigenvalue weighted by atomic mass is 9.99. The van der Waals surface area contributed by atoms with Gasteiger partial charge in [0.2, 0.25) is 0 Å². The van der Waals surface area contributed by atoms with Gasteiger partial charge >= 0.3 is 0 Å². The summed E-state index contributed by atoms with van der Waals surface area (Å²) < 4.78 is 14.5. The molecular formula is C16H8BrFN2O. The number of rotatable bonds is 2. The van der Waals surface area contributed by atoms with Crippen LogP contribution in [0.15, 0.2) is 47.1 Å². The molecule has 0 amide bonds. The van der Waals surface area contributed by atoms with E-state index in [9.17, 15) is 14.4 Å². The van der Waals surface area contributed by atoms with Crippen molar-refractivity contribution < 1.29 is 9.18 Å². The van der Waals surface area contributed by atoms with Crippen LogP contribution in [0.2, 0.25) is 0 Å². The van der Waals surface area contributed by atoms with Crippen molar-refractivity contribution in [3.63, 3.8) is 0 Å².